The lowest BCUT2D eigenvalue weighted by atomic mass is 9.85. The van der Waals surface area contributed by atoms with Gasteiger partial charge in [-0.25, -0.2) is 4.98 Å². The van der Waals surface area contributed by atoms with E-state index in [1.54, 1.807) is 24.4 Å². The standard InChI is InChI=1S/C21H27N3O5/c1-28-18-10-15(7-8-17(18)19-11-22-13-29-19)23-20(26)21(27)24-16(12-25)9-14-5-3-2-4-6-14/h7-8,10-11,13-14,16,25H,2-6,9,12H2,1H3,(H,23,26)(H,24,27). The van der Waals surface area contributed by atoms with Gasteiger partial charge in [0.2, 0.25) is 0 Å². The minimum absolute atomic E-state index is 0.185. The van der Waals surface area contributed by atoms with Crippen molar-refractivity contribution in [2.75, 3.05) is 19.0 Å². The number of aromatic nitrogens is 1. The van der Waals surface area contributed by atoms with Crippen LogP contribution in [0.2, 0.25) is 0 Å². The van der Waals surface area contributed by atoms with Crippen molar-refractivity contribution in [3.8, 4) is 17.1 Å². The van der Waals surface area contributed by atoms with Crippen molar-refractivity contribution >= 4 is 17.5 Å². The summed E-state index contributed by atoms with van der Waals surface area (Å²) in [7, 11) is 1.50. The number of hydrogen-bond acceptors (Lipinski definition) is 6. The van der Waals surface area contributed by atoms with Crippen molar-refractivity contribution < 1.29 is 23.8 Å². The molecule has 2 amide bonds. The number of hydrogen-bond donors (Lipinski definition) is 3. The maximum absolute atomic E-state index is 12.3. The molecule has 1 unspecified atom stereocenters. The van der Waals surface area contributed by atoms with Gasteiger partial charge in [-0.3, -0.25) is 9.59 Å². The second-order valence-electron chi connectivity index (χ2n) is 7.33. The highest BCUT2D eigenvalue weighted by Crippen LogP contribution is 2.32. The molecule has 156 valence electrons. The van der Waals surface area contributed by atoms with Crippen LogP contribution in [0.4, 0.5) is 5.69 Å². The van der Waals surface area contributed by atoms with Crippen molar-refractivity contribution in [2.24, 2.45) is 5.92 Å². The van der Waals surface area contributed by atoms with Crippen molar-refractivity contribution in [3.63, 3.8) is 0 Å². The molecule has 1 aliphatic rings. The smallest absolute Gasteiger partial charge is 0.313 e. The highest BCUT2D eigenvalue weighted by Gasteiger charge is 2.23. The molecule has 1 aromatic carbocycles. The minimum atomic E-state index is -0.790. The lowest BCUT2D eigenvalue weighted by Gasteiger charge is -2.26. The van der Waals surface area contributed by atoms with Crippen LogP contribution in [0.3, 0.4) is 0 Å². The number of benzene rings is 1. The number of rotatable bonds is 7. The van der Waals surface area contributed by atoms with Crippen molar-refractivity contribution in [3.05, 3.63) is 30.8 Å². The molecule has 0 aliphatic heterocycles. The Morgan fingerprint density at radius 2 is 2.07 bits per heavy atom. The fourth-order valence-corrected chi connectivity index (χ4v) is 3.76. The highest BCUT2D eigenvalue weighted by atomic mass is 16.5. The normalized spacial score (nSPS) is 15.5. The van der Waals surface area contributed by atoms with Crippen LogP contribution >= 0.6 is 0 Å². The molecule has 0 spiro atoms. The third-order valence-corrected chi connectivity index (χ3v) is 5.26. The Labute approximate surface area is 169 Å². The first-order valence-electron chi connectivity index (χ1n) is 9.90. The maximum Gasteiger partial charge on any atom is 0.313 e. The number of nitrogens with one attached hydrogen (secondary N) is 2. The molecular formula is C21H27N3O5. The number of carbonyl (C=O) groups is 2. The summed E-state index contributed by atoms with van der Waals surface area (Å²) in [4.78, 5) is 28.5. The molecule has 2 aromatic rings. The average molecular weight is 401 g/mol. The third kappa shape index (κ3) is 5.57. The first kappa shape index (κ1) is 20.9. The Balaban J connectivity index is 1.59. The Bertz CT molecular complexity index is 816. The lowest BCUT2D eigenvalue weighted by molar-refractivity contribution is -0.136. The first-order valence-corrected chi connectivity index (χ1v) is 9.90. The minimum Gasteiger partial charge on any atom is -0.496 e. The number of anilines is 1. The molecule has 8 heteroatoms. The summed E-state index contributed by atoms with van der Waals surface area (Å²) >= 11 is 0. The maximum atomic E-state index is 12.3. The van der Waals surface area contributed by atoms with Gasteiger partial charge in [0.05, 0.1) is 31.5 Å². The molecule has 0 bridgehead atoms. The van der Waals surface area contributed by atoms with Gasteiger partial charge in [-0.15, -0.1) is 0 Å². The summed E-state index contributed by atoms with van der Waals surface area (Å²) in [6, 6.07) is 4.55. The van der Waals surface area contributed by atoms with E-state index in [1.165, 1.54) is 32.8 Å². The van der Waals surface area contributed by atoms with Crippen LogP contribution in [-0.4, -0.2) is 41.7 Å². The van der Waals surface area contributed by atoms with Crippen molar-refractivity contribution in [2.45, 2.75) is 44.6 Å². The molecule has 1 aliphatic carbocycles. The van der Waals surface area contributed by atoms with Gasteiger partial charge in [-0.1, -0.05) is 32.1 Å². The Hall–Kier alpha value is -2.87. The van der Waals surface area contributed by atoms with Gasteiger partial charge in [0.1, 0.15) is 5.75 Å². The zero-order chi connectivity index (χ0) is 20.6. The molecule has 1 heterocycles. The van der Waals surface area contributed by atoms with E-state index in [1.807, 2.05) is 0 Å². The summed E-state index contributed by atoms with van der Waals surface area (Å²) < 4.78 is 10.6. The Kier molecular flexibility index (Phi) is 7.24. The van der Waals surface area contributed by atoms with Crippen LogP contribution in [0, 0.1) is 5.92 Å². The van der Waals surface area contributed by atoms with E-state index < -0.39 is 17.9 Å². The van der Waals surface area contributed by atoms with Crippen LogP contribution in [0.25, 0.3) is 11.3 Å². The van der Waals surface area contributed by atoms with Gasteiger partial charge in [0, 0.05) is 11.8 Å². The van der Waals surface area contributed by atoms with Crippen LogP contribution in [0.5, 0.6) is 5.75 Å². The quantitative estimate of drug-likeness (QED) is 0.615. The summed E-state index contributed by atoms with van der Waals surface area (Å²) in [5.74, 6) is -0.0617. The monoisotopic (exact) mass is 401 g/mol. The number of aliphatic hydroxyl groups excluding tert-OH is 1. The topological polar surface area (TPSA) is 114 Å². The summed E-state index contributed by atoms with van der Waals surface area (Å²) in [5, 5.41) is 14.8. The van der Waals surface area contributed by atoms with Gasteiger partial charge in [-0.2, -0.15) is 0 Å². The van der Waals surface area contributed by atoms with E-state index in [0.29, 0.717) is 35.1 Å². The van der Waals surface area contributed by atoms with E-state index in [0.717, 1.165) is 12.8 Å². The highest BCUT2D eigenvalue weighted by molar-refractivity contribution is 6.39. The van der Waals surface area contributed by atoms with E-state index in [9.17, 15) is 14.7 Å². The van der Waals surface area contributed by atoms with E-state index in [-0.39, 0.29) is 6.61 Å². The van der Waals surface area contributed by atoms with Crippen LogP contribution in [0.1, 0.15) is 38.5 Å². The van der Waals surface area contributed by atoms with Crippen molar-refractivity contribution in [1.29, 1.82) is 0 Å². The fraction of sp³-hybridized carbons (Fsp3) is 0.476. The van der Waals surface area contributed by atoms with Gasteiger partial charge < -0.3 is 24.9 Å². The summed E-state index contributed by atoms with van der Waals surface area (Å²) in [6.45, 7) is -0.185. The number of methoxy groups -OCH3 is 1. The molecule has 0 radical (unpaired) electrons. The zero-order valence-electron chi connectivity index (χ0n) is 16.5. The zero-order valence-corrected chi connectivity index (χ0v) is 16.5. The number of carbonyl (C=O) groups excluding carboxylic acids is 2. The molecule has 1 aromatic heterocycles. The average Bonchev–Trinajstić information content (AvgIpc) is 3.28. The van der Waals surface area contributed by atoms with Crippen molar-refractivity contribution in [1.82, 2.24) is 10.3 Å². The van der Waals surface area contributed by atoms with E-state index in [4.69, 9.17) is 9.15 Å². The van der Waals surface area contributed by atoms with E-state index in [2.05, 4.69) is 15.6 Å². The number of ether oxygens (including phenoxy) is 1. The fourth-order valence-electron chi connectivity index (χ4n) is 3.76. The second-order valence-corrected chi connectivity index (χ2v) is 7.33. The van der Waals surface area contributed by atoms with Gasteiger partial charge in [0.25, 0.3) is 0 Å². The third-order valence-electron chi connectivity index (χ3n) is 5.26. The molecule has 3 rings (SSSR count). The molecule has 3 N–H and O–H groups in total. The summed E-state index contributed by atoms with van der Waals surface area (Å²) in [6.07, 6.45) is 9.39. The molecule has 29 heavy (non-hydrogen) atoms. The number of oxazole rings is 1. The largest absolute Gasteiger partial charge is 0.496 e. The van der Waals surface area contributed by atoms with Crippen LogP contribution < -0.4 is 15.4 Å². The van der Waals surface area contributed by atoms with Crippen LogP contribution in [0.15, 0.2) is 35.2 Å². The van der Waals surface area contributed by atoms with Gasteiger partial charge in [0.15, 0.2) is 12.2 Å². The molecule has 1 atom stereocenters. The predicted octanol–water partition coefficient (Wildman–Crippen LogP) is 2.74. The number of aliphatic hydroxyl groups is 1. The molecule has 0 saturated heterocycles. The molecule has 8 nitrogen and oxygen atoms in total. The Morgan fingerprint density at radius 3 is 2.72 bits per heavy atom. The van der Waals surface area contributed by atoms with Gasteiger partial charge >= 0.3 is 11.8 Å². The Morgan fingerprint density at radius 1 is 1.28 bits per heavy atom. The SMILES string of the molecule is COc1cc(NC(=O)C(=O)NC(CO)CC2CCCCC2)ccc1-c1cnco1. The van der Waals surface area contributed by atoms with E-state index >= 15 is 0 Å². The predicted molar refractivity (Wildman–Crippen MR) is 107 cm³/mol. The van der Waals surface area contributed by atoms with Gasteiger partial charge in [-0.05, 0) is 24.5 Å². The summed E-state index contributed by atoms with van der Waals surface area (Å²) in [5.41, 5.74) is 1.10. The first-order chi connectivity index (χ1) is 14.1. The second kappa shape index (κ2) is 10.1. The molecule has 1 fully saturated rings. The van der Waals surface area contributed by atoms with Crippen LogP contribution in [-0.2, 0) is 9.59 Å². The lowest BCUT2D eigenvalue weighted by Crippen LogP contribution is -2.44. The number of nitrogens with zero attached hydrogens (tertiary/aromatic N) is 1. The number of amides is 2. The molecular weight excluding hydrogens is 374 g/mol. The molecule has 1 saturated carbocycles.